The second-order valence-corrected chi connectivity index (χ2v) is 11.2. The van der Waals surface area contributed by atoms with Gasteiger partial charge in [-0.25, -0.2) is 0 Å². The summed E-state index contributed by atoms with van der Waals surface area (Å²) in [4.78, 5) is 0. The number of rotatable bonds is 4. The highest BCUT2D eigenvalue weighted by molar-refractivity contribution is 6.27. The van der Waals surface area contributed by atoms with Gasteiger partial charge in [-0.1, -0.05) is 152 Å². The van der Waals surface area contributed by atoms with Crippen molar-refractivity contribution >= 4 is 43.5 Å². The van der Waals surface area contributed by atoms with Crippen molar-refractivity contribution in [3.63, 3.8) is 0 Å². The van der Waals surface area contributed by atoms with Crippen LogP contribution in [-0.4, -0.2) is 0 Å². The van der Waals surface area contributed by atoms with Crippen LogP contribution in [0, 0.1) is 0 Å². The average molecular weight is 578 g/mol. The lowest BCUT2D eigenvalue weighted by Crippen LogP contribution is -1.94. The molecule has 0 N–H and O–H groups in total. The lowest BCUT2D eigenvalue weighted by Gasteiger charge is -2.20. The van der Waals surface area contributed by atoms with Crippen LogP contribution in [0.2, 0.25) is 0 Å². The number of furan rings is 1. The number of hydrogen-bond donors (Lipinski definition) is 0. The summed E-state index contributed by atoms with van der Waals surface area (Å²) < 4.78 is 51.2. The van der Waals surface area contributed by atoms with Crippen molar-refractivity contribution in [1.29, 1.82) is 0 Å². The number of para-hydroxylation sites is 1. The van der Waals surface area contributed by atoms with E-state index in [0.717, 1.165) is 65.7 Å². The molecule has 45 heavy (non-hydrogen) atoms. The van der Waals surface area contributed by atoms with Crippen LogP contribution in [0.1, 0.15) is 6.85 Å². The molecule has 1 nitrogen and oxygen atoms in total. The SMILES string of the molecule is [2H]c1ccc(-c2ccc3oc4ccccc4c3c2-c2c3ccccc3c(-c3c([2H])c([2H])c([2H])c(-c4ccccc4)c3[2H])c3ccccc23)cc1. The van der Waals surface area contributed by atoms with Gasteiger partial charge in [0.15, 0.2) is 0 Å². The van der Waals surface area contributed by atoms with Gasteiger partial charge in [0.25, 0.3) is 0 Å². The minimum absolute atomic E-state index is 0.0596. The lowest BCUT2D eigenvalue weighted by molar-refractivity contribution is 0.669. The Morgan fingerprint density at radius 1 is 0.378 bits per heavy atom. The first-order valence-corrected chi connectivity index (χ1v) is 15.0. The molecule has 0 aliphatic heterocycles. The van der Waals surface area contributed by atoms with Gasteiger partial charge in [0.2, 0.25) is 0 Å². The van der Waals surface area contributed by atoms with E-state index in [4.69, 9.17) is 8.53 Å². The fraction of sp³-hybridized carbons (Fsp3) is 0. The molecular weight excluding hydrogens is 544 g/mol. The minimum Gasteiger partial charge on any atom is -0.456 e. The van der Waals surface area contributed by atoms with Gasteiger partial charge in [-0.3, -0.25) is 0 Å². The van der Waals surface area contributed by atoms with E-state index in [9.17, 15) is 2.74 Å². The predicted molar refractivity (Wildman–Crippen MR) is 190 cm³/mol. The molecule has 9 rings (SSSR count). The summed E-state index contributed by atoms with van der Waals surface area (Å²) in [5.41, 5.74) is 7.55. The van der Waals surface area contributed by atoms with Crippen molar-refractivity contribution in [3.8, 4) is 44.5 Å². The van der Waals surface area contributed by atoms with Gasteiger partial charge in [0.05, 0.1) is 6.85 Å². The summed E-state index contributed by atoms with van der Waals surface area (Å²) in [7, 11) is 0. The van der Waals surface area contributed by atoms with Gasteiger partial charge in [-0.05, 0) is 78.7 Å². The second-order valence-electron chi connectivity index (χ2n) is 11.2. The van der Waals surface area contributed by atoms with Crippen molar-refractivity contribution in [2.75, 3.05) is 0 Å². The molecule has 0 unspecified atom stereocenters. The molecule has 0 aliphatic rings. The topological polar surface area (TPSA) is 13.1 Å². The predicted octanol–water partition coefficient (Wildman–Crippen LogP) is 12.6. The largest absolute Gasteiger partial charge is 0.456 e. The zero-order valence-electron chi connectivity index (χ0n) is 29.2. The van der Waals surface area contributed by atoms with Crippen LogP contribution in [0.15, 0.2) is 174 Å². The molecular formula is C44H28O. The zero-order valence-corrected chi connectivity index (χ0v) is 24.2. The van der Waals surface area contributed by atoms with E-state index in [0.29, 0.717) is 28.3 Å². The molecule has 0 radical (unpaired) electrons. The van der Waals surface area contributed by atoms with Gasteiger partial charge in [0, 0.05) is 16.3 Å². The highest BCUT2D eigenvalue weighted by atomic mass is 16.3. The molecule has 1 heteroatoms. The van der Waals surface area contributed by atoms with E-state index in [1.807, 2.05) is 103 Å². The van der Waals surface area contributed by atoms with Gasteiger partial charge in [-0.15, -0.1) is 0 Å². The third kappa shape index (κ3) is 4.09. The Bertz CT molecular complexity index is 2740. The summed E-state index contributed by atoms with van der Waals surface area (Å²) in [6.45, 7) is 0. The number of hydrogen-bond acceptors (Lipinski definition) is 1. The van der Waals surface area contributed by atoms with E-state index in [2.05, 4.69) is 24.3 Å². The summed E-state index contributed by atoms with van der Waals surface area (Å²) in [5.74, 6) is 0. The van der Waals surface area contributed by atoms with E-state index in [-0.39, 0.29) is 24.2 Å². The summed E-state index contributed by atoms with van der Waals surface area (Å²) >= 11 is 0. The van der Waals surface area contributed by atoms with E-state index < -0.39 is 0 Å². The van der Waals surface area contributed by atoms with E-state index in [1.54, 1.807) is 12.1 Å². The molecule has 0 saturated heterocycles. The Balaban J connectivity index is 1.48. The quantitative estimate of drug-likeness (QED) is 0.190. The van der Waals surface area contributed by atoms with Gasteiger partial charge >= 0.3 is 0 Å². The molecule has 1 aromatic heterocycles. The van der Waals surface area contributed by atoms with Crippen LogP contribution in [0.3, 0.4) is 0 Å². The maximum absolute atomic E-state index is 9.56. The summed E-state index contributed by atoms with van der Waals surface area (Å²) in [6, 6.07) is 45.3. The van der Waals surface area contributed by atoms with E-state index >= 15 is 0 Å². The average Bonchev–Trinajstić information content (AvgIpc) is 3.53. The number of fused-ring (bicyclic) bond motifs is 5. The van der Waals surface area contributed by atoms with Crippen LogP contribution >= 0.6 is 0 Å². The highest BCUT2D eigenvalue weighted by Gasteiger charge is 2.23. The Hall–Kier alpha value is -5.92. The third-order valence-electron chi connectivity index (χ3n) is 8.69. The minimum atomic E-state index is -0.207. The van der Waals surface area contributed by atoms with Crippen molar-refractivity contribution < 1.29 is 11.3 Å². The fourth-order valence-corrected chi connectivity index (χ4v) is 6.77. The van der Waals surface area contributed by atoms with Crippen LogP contribution < -0.4 is 0 Å². The smallest absolute Gasteiger partial charge is 0.136 e. The fourth-order valence-electron chi connectivity index (χ4n) is 6.77. The maximum atomic E-state index is 9.56. The molecule has 0 saturated carbocycles. The molecule has 0 fully saturated rings. The Kier molecular flexibility index (Phi) is 4.81. The molecule has 210 valence electrons. The summed E-state index contributed by atoms with van der Waals surface area (Å²) in [6.07, 6.45) is 0. The first-order chi connectivity index (χ1) is 24.4. The van der Waals surface area contributed by atoms with Gasteiger partial charge in [0.1, 0.15) is 11.2 Å². The van der Waals surface area contributed by atoms with Crippen LogP contribution in [0.25, 0.3) is 88.0 Å². The monoisotopic (exact) mass is 577 g/mol. The van der Waals surface area contributed by atoms with Crippen LogP contribution in [0.5, 0.6) is 0 Å². The molecule has 1 heterocycles. The Labute approximate surface area is 268 Å². The van der Waals surface area contributed by atoms with Crippen LogP contribution in [0.4, 0.5) is 0 Å². The van der Waals surface area contributed by atoms with Crippen molar-refractivity contribution in [2.24, 2.45) is 0 Å². The normalized spacial score (nSPS) is 13.1. The highest BCUT2D eigenvalue weighted by Crippen LogP contribution is 2.50. The molecule has 0 atom stereocenters. The van der Waals surface area contributed by atoms with E-state index in [1.165, 1.54) is 0 Å². The van der Waals surface area contributed by atoms with Gasteiger partial charge < -0.3 is 4.42 Å². The standard InChI is InChI=1S/C44H28O/c1-3-14-29(15-4-1)31-18-13-19-32(28-31)41-34-20-7-9-22-36(34)42(37-23-10-8-21-35(37)41)44-33(30-16-5-2-6-17-30)26-27-40-43(44)38-24-11-12-25-39(38)45-40/h1-28H/i2D,13D,18D,19D,28D. The zero-order chi connectivity index (χ0) is 34.1. The lowest BCUT2D eigenvalue weighted by atomic mass is 9.82. The maximum Gasteiger partial charge on any atom is 0.136 e. The number of benzene rings is 8. The van der Waals surface area contributed by atoms with Crippen molar-refractivity contribution in [3.05, 3.63) is 170 Å². The Morgan fingerprint density at radius 2 is 0.956 bits per heavy atom. The van der Waals surface area contributed by atoms with Crippen molar-refractivity contribution in [1.82, 2.24) is 0 Å². The molecule has 8 aromatic carbocycles. The first kappa shape index (κ1) is 20.9. The molecule has 0 bridgehead atoms. The van der Waals surface area contributed by atoms with Crippen molar-refractivity contribution in [2.45, 2.75) is 0 Å². The van der Waals surface area contributed by atoms with Crippen LogP contribution in [-0.2, 0) is 0 Å². The Morgan fingerprint density at radius 3 is 1.67 bits per heavy atom. The first-order valence-electron chi connectivity index (χ1n) is 17.5. The molecule has 9 aromatic rings. The summed E-state index contributed by atoms with van der Waals surface area (Å²) in [5, 5.41) is 5.52. The molecule has 0 aliphatic carbocycles. The van der Waals surface area contributed by atoms with Gasteiger partial charge in [-0.2, -0.15) is 0 Å². The third-order valence-corrected chi connectivity index (χ3v) is 8.69. The second kappa shape index (κ2) is 10.4. The molecule has 0 spiro atoms. The molecule has 0 amide bonds.